The summed E-state index contributed by atoms with van der Waals surface area (Å²) in [6, 6.07) is 9.48. The summed E-state index contributed by atoms with van der Waals surface area (Å²) < 4.78 is 12.9. The quantitative estimate of drug-likeness (QED) is 0.268. The highest BCUT2D eigenvalue weighted by Gasteiger charge is 2.12. The molecule has 1 aromatic heterocycles. The van der Waals surface area contributed by atoms with Crippen LogP contribution in [0.3, 0.4) is 0 Å². The molecule has 0 aliphatic heterocycles. The highest BCUT2D eigenvalue weighted by Crippen LogP contribution is 2.30. The van der Waals surface area contributed by atoms with Crippen molar-refractivity contribution in [3.05, 3.63) is 73.8 Å². The van der Waals surface area contributed by atoms with Gasteiger partial charge in [-0.05, 0) is 42.0 Å². The summed E-state index contributed by atoms with van der Waals surface area (Å²) in [4.78, 5) is 10.3. The van der Waals surface area contributed by atoms with Crippen molar-refractivity contribution in [1.82, 2.24) is 14.9 Å². The molecule has 3 rings (SSSR count). The highest BCUT2D eigenvalue weighted by molar-refractivity contribution is 7.71. The molecule has 11 heteroatoms. The predicted molar refractivity (Wildman–Crippen MR) is 106 cm³/mol. The number of H-pyrrole nitrogens is 1. The van der Waals surface area contributed by atoms with Crippen LogP contribution in [0.4, 0.5) is 5.69 Å². The molecule has 0 saturated heterocycles. The third-order valence-corrected chi connectivity index (χ3v) is 4.25. The van der Waals surface area contributed by atoms with Gasteiger partial charge in [-0.15, -0.1) is 0 Å². The van der Waals surface area contributed by atoms with Crippen molar-refractivity contribution in [1.29, 1.82) is 0 Å². The lowest BCUT2D eigenvalue weighted by Gasteiger charge is -2.12. The van der Waals surface area contributed by atoms with Gasteiger partial charge in [0, 0.05) is 17.7 Å². The number of non-ortho nitro benzene ring substituents is 1. The van der Waals surface area contributed by atoms with Crippen molar-refractivity contribution in [3.63, 3.8) is 0 Å². The largest absolute Gasteiger partial charge is 0.496 e. The van der Waals surface area contributed by atoms with Crippen LogP contribution in [-0.4, -0.2) is 33.1 Å². The topological polar surface area (TPSA) is 108 Å². The highest BCUT2D eigenvalue weighted by atomic mass is 35.5. The number of hydrogen-bond acceptors (Lipinski definition) is 7. The zero-order chi connectivity index (χ0) is 20.1. The monoisotopic (exact) mass is 419 g/mol. The number of benzene rings is 2. The fourth-order valence-electron chi connectivity index (χ4n) is 2.32. The predicted octanol–water partition coefficient (Wildman–Crippen LogP) is 3.97. The van der Waals surface area contributed by atoms with Gasteiger partial charge < -0.3 is 9.47 Å². The smallest absolute Gasteiger partial charge is 0.271 e. The van der Waals surface area contributed by atoms with Crippen molar-refractivity contribution in [3.8, 4) is 11.5 Å². The van der Waals surface area contributed by atoms with Crippen LogP contribution in [0.25, 0.3) is 0 Å². The van der Waals surface area contributed by atoms with Crippen molar-refractivity contribution in [2.24, 2.45) is 5.10 Å². The Morgan fingerprint density at radius 3 is 2.79 bits per heavy atom. The summed E-state index contributed by atoms with van der Waals surface area (Å²) >= 11 is 11.1. The van der Waals surface area contributed by atoms with Crippen molar-refractivity contribution in [2.45, 2.75) is 6.61 Å². The maximum absolute atomic E-state index is 10.8. The molecule has 0 saturated carbocycles. The second-order valence-corrected chi connectivity index (χ2v) is 6.28. The van der Waals surface area contributed by atoms with Crippen LogP contribution in [0.15, 0.2) is 47.8 Å². The minimum Gasteiger partial charge on any atom is -0.496 e. The van der Waals surface area contributed by atoms with Gasteiger partial charge in [-0.3, -0.25) is 15.2 Å². The van der Waals surface area contributed by atoms with E-state index in [4.69, 9.17) is 33.3 Å². The van der Waals surface area contributed by atoms with E-state index in [9.17, 15) is 10.1 Å². The molecule has 0 amide bonds. The normalized spacial score (nSPS) is 10.9. The molecule has 3 aromatic rings. The van der Waals surface area contributed by atoms with Crippen LogP contribution in [0.2, 0.25) is 5.02 Å². The van der Waals surface area contributed by atoms with E-state index in [2.05, 4.69) is 15.3 Å². The summed E-state index contributed by atoms with van der Waals surface area (Å²) in [6.07, 6.45) is 3.08. The van der Waals surface area contributed by atoms with Crippen LogP contribution in [-0.2, 0) is 6.61 Å². The molecule has 2 aromatic carbocycles. The van der Waals surface area contributed by atoms with E-state index in [1.807, 2.05) is 12.1 Å². The minimum absolute atomic E-state index is 0.106. The number of rotatable bonds is 7. The molecule has 9 nitrogen and oxygen atoms in total. The molecule has 0 aliphatic rings. The summed E-state index contributed by atoms with van der Waals surface area (Å²) in [7, 11) is 1.55. The van der Waals surface area contributed by atoms with Crippen LogP contribution in [0.5, 0.6) is 11.5 Å². The molecule has 1 heterocycles. The maximum atomic E-state index is 10.8. The average Bonchev–Trinajstić information content (AvgIpc) is 3.10. The Balaban J connectivity index is 1.79. The summed E-state index contributed by atoms with van der Waals surface area (Å²) in [5.41, 5.74) is 1.43. The van der Waals surface area contributed by atoms with Gasteiger partial charge in [-0.2, -0.15) is 14.9 Å². The van der Waals surface area contributed by atoms with Crippen molar-refractivity contribution in [2.75, 3.05) is 7.11 Å². The maximum Gasteiger partial charge on any atom is 0.271 e. The standard InChI is InChI=1S/C17H14ClN5O4S/c1-26-15-4-2-11(8-20-22-10-19-21-17(22)28)6-12(15)9-27-16-5-3-13(23(24)25)7-14(16)18/h2-8,10H,9H2,1H3,(H,21,28)/b20-8-. The van der Waals surface area contributed by atoms with Gasteiger partial charge in [0.15, 0.2) is 0 Å². The average molecular weight is 420 g/mol. The Morgan fingerprint density at radius 2 is 2.14 bits per heavy atom. The number of hydrogen-bond donors (Lipinski definition) is 1. The number of nitrogens with one attached hydrogen (secondary N) is 1. The molecule has 0 bridgehead atoms. The van der Waals surface area contributed by atoms with Crippen molar-refractivity contribution >= 4 is 35.7 Å². The lowest BCUT2D eigenvalue weighted by Crippen LogP contribution is -2.01. The lowest BCUT2D eigenvalue weighted by molar-refractivity contribution is -0.384. The first kappa shape index (κ1) is 19.5. The molecular weight excluding hydrogens is 406 g/mol. The Bertz CT molecular complexity index is 1100. The van der Waals surface area contributed by atoms with E-state index in [0.29, 0.717) is 16.3 Å². The van der Waals surface area contributed by atoms with E-state index in [1.54, 1.807) is 19.4 Å². The van der Waals surface area contributed by atoms with E-state index in [0.717, 1.165) is 11.1 Å². The lowest BCUT2D eigenvalue weighted by atomic mass is 10.1. The number of aromatic nitrogens is 3. The molecule has 0 unspecified atom stereocenters. The third kappa shape index (κ3) is 4.53. The van der Waals surface area contributed by atoms with Crippen LogP contribution in [0, 0.1) is 14.9 Å². The van der Waals surface area contributed by atoms with Gasteiger partial charge in [0.25, 0.3) is 5.69 Å². The first-order valence-corrected chi connectivity index (χ1v) is 8.66. The Labute approximate surface area is 169 Å². The summed E-state index contributed by atoms with van der Waals surface area (Å²) in [5, 5.41) is 21.6. The van der Waals surface area contributed by atoms with Gasteiger partial charge >= 0.3 is 0 Å². The summed E-state index contributed by atoms with van der Waals surface area (Å²) in [5.74, 6) is 0.952. The van der Waals surface area contributed by atoms with Gasteiger partial charge in [0.05, 0.1) is 23.3 Å². The third-order valence-electron chi connectivity index (χ3n) is 3.68. The van der Waals surface area contributed by atoms with Crippen molar-refractivity contribution < 1.29 is 14.4 Å². The first-order valence-electron chi connectivity index (χ1n) is 7.88. The molecule has 0 atom stereocenters. The molecular formula is C17H14ClN5O4S. The Hall–Kier alpha value is -3.24. The fourth-order valence-corrected chi connectivity index (χ4v) is 2.70. The number of methoxy groups -OCH3 is 1. The number of nitrogens with zero attached hydrogens (tertiary/aromatic N) is 4. The van der Waals surface area contributed by atoms with Crippen LogP contribution >= 0.6 is 23.8 Å². The molecule has 28 heavy (non-hydrogen) atoms. The number of nitro groups is 1. The van der Waals surface area contributed by atoms with Gasteiger partial charge in [0.2, 0.25) is 4.77 Å². The Kier molecular flexibility index (Phi) is 6.02. The molecule has 0 aliphatic carbocycles. The molecule has 1 N–H and O–H groups in total. The second kappa shape index (κ2) is 8.63. The van der Waals surface area contributed by atoms with Crippen LogP contribution < -0.4 is 9.47 Å². The van der Waals surface area contributed by atoms with Gasteiger partial charge in [-0.1, -0.05) is 11.6 Å². The van der Waals surface area contributed by atoms with Gasteiger partial charge in [-0.25, -0.2) is 0 Å². The zero-order valence-electron chi connectivity index (χ0n) is 14.5. The zero-order valence-corrected chi connectivity index (χ0v) is 16.1. The fraction of sp³-hybridized carbons (Fsp3) is 0.118. The number of aromatic amines is 1. The van der Waals surface area contributed by atoms with E-state index in [1.165, 1.54) is 29.2 Å². The molecule has 0 radical (unpaired) electrons. The Morgan fingerprint density at radius 1 is 1.36 bits per heavy atom. The van der Waals surface area contributed by atoms with E-state index < -0.39 is 4.92 Å². The first-order chi connectivity index (χ1) is 13.5. The number of ether oxygens (including phenoxy) is 2. The summed E-state index contributed by atoms with van der Waals surface area (Å²) in [6.45, 7) is 0.146. The molecule has 0 spiro atoms. The molecule has 0 fully saturated rings. The number of halogens is 1. The van der Waals surface area contributed by atoms with Crippen LogP contribution in [0.1, 0.15) is 11.1 Å². The number of nitro benzene ring substituents is 1. The SMILES string of the molecule is COc1ccc(/C=N\n2cn[nH]c2=S)cc1COc1ccc([N+](=O)[O-])cc1Cl. The van der Waals surface area contributed by atoms with E-state index in [-0.39, 0.29) is 17.3 Å². The second-order valence-electron chi connectivity index (χ2n) is 5.48. The van der Waals surface area contributed by atoms with Gasteiger partial charge in [0.1, 0.15) is 24.4 Å². The molecule has 144 valence electrons. The minimum atomic E-state index is -0.520. The van der Waals surface area contributed by atoms with E-state index >= 15 is 0 Å².